The molecule has 3 aromatic heterocycles. The summed E-state index contributed by atoms with van der Waals surface area (Å²) in [6, 6.07) is 2.95. The fourth-order valence-corrected chi connectivity index (χ4v) is 3.07. The Balaban J connectivity index is 1.30. The summed E-state index contributed by atoms with van der Waals surface area (Å²) in [5, 5.41) is 7.23. The monoisotopic (exact) mass is 341 g/mol. The van der Waals surface area contributed by atoms with Crippen molar-refractivity contribution in [1.82, 2.24) is 24.5 Å². The zero-order valence-electron chi connectivity index (χ0n) is 13.9. The second-order valence-corrected chi connectivity index (χ2v) is 6.67. The topological polar surface area (TPSA) is 64.2 Å². The molecule has 0 unspecified atom stereocenters. The lowest BCUT2D eigenvalue weighted by atomic mass is 9.85. The maximum absolute atomic E-state index is 13.2. The molecule has 3 aromatic rings. The first-order chi connectivity index (χ1) is 12.2. The number of carbonyl (C=O) groups excluding carboxylic acids is 1. The lowest BCUT2D eigenvalue weighted by Crippen LogP contribution is -2.24. The molecule has 0 radical (unpaired) electrons. The van der Waals surface area contributed by atoms with Crippen molar-refractivity contribution < 1.29 is 9.18 Å². The minimum Gasteiger partial charge on any atom is -0.352 e. The number of imidazole rings is 1. The Morgan fingerprint density at radius 3 is 2.96 bits per heavy atom. The van der Waals surface area contributed by atoms with Crippen LogP contribution in [0.3, 0.4) is 0 Å². The number of hydrogen-bond acceptors (Lipinski definition) is 3. The van der Waals surface area contributed by atoms with Gasteiger partial charge in [0.25, 0.3) is 0 Å². The summed E-state index contributed by atoms with van der Waals surface area (Å²) >= 11 is 0. The second-order valence-electron chi connectivity index (χ2n) is 6.67. The first-order valence-electron chi connectivity index (χ1n) is 8.57. The van der Waals surface area contributed by atoms with Gasteiger partial charge in [-0.05, 0) is 30.9 Å². The van der Waals surface area contributed by atoms with Crippen molar-refractivity contribution >= 4 is 11.6 Å². The molecule has 0 aromatic carbocycles. The van der Waals surface area contributed by atoms with Crippen LogP contribution in [0.15, 0.2) is 36.9 Å². The Morgan fingerprint density at radius 2 is 2.16 bits per heavy atom. The maximum Gasteiger partial charge on any atom is 0.226 e. The molecule has 1 aliphatic carbocycles. The number of carbonyl (C=O) groups is 1. The normalized spacial score (nSPS) is 14.6. The molecule has 1 fully saturated rings. The number of pyridine rings is 1. The van der Waals surface area contributed by atoms with Gasteiger partial charge in [0.1, 0.15) is 11.5 Å². The van der Waals surface area contributed by atoms with Gasteiger partial charge in [-0.25, -0.2) is 9.37 Å². The van der Waals surface area contributed by atoms with Gasteiger partial charge in [-0.3, -0.25) is 9.48 Å². The number of rotatable bonds is 6. The Hall–Kier alpha value is -2.70. The number of fused-ring (bicyclic) bond motifs is 1. The van der Waals surface area contributed by atoms with E-state index in [4.69, 9.17) is 0 Å². The van der Waals surface area contributed by atoms with Gasteiger partial charge in [0.2, 0.25) is 5.91 Å². The quantitative estimate of drug-likeness (QED) is 0.748. The van der Waals surface area contributed by atoms with Crippen molar-refractivity contribution in [1.29, 1.82) is 0 Å². The summed E-state index contributed by atoms with van der Waals surface area (Å²) in [6.07, 6.45) is 10.9. The van der Waals surface area contributed by atoms with E-state index < -0.39 is 0 Å². The van der Waals surface area contributed by atoms with E-state index >= 15 is 0 Å². The summed E-state index contributed by atoms with van der Waals surface area (Å²) < 4.78 is 16.7. The molecule has 1 amide bonds. The maximum atomic E-state index is 13.2. The molecule has 1 N–H and O–H groups in total. The van der Waals surface area contributed by atoms with Crippen LogP contribution in [0.1, 0.15) is 30.5 Å². The van der Waals surface area contributed by atoms with Crippen molar-refractivity contribution in [3.63, 3.8) is 0 Å². The molecule has 0 atom stereocenters. The Labute approximate surface area is 144 Å². The van der Waals surface area contributed by atoms with Crippen molar-refractivity contribution in [3.05, 3.63) is 54.0 Å². The summed E-state index contributed by atoms with van der Waals surface area (Å²) in [7, 11) is 0. The average molecular weight is 341 g/mol. The van der Waals surface area contributed by atoms with Crippen LogP contribution >= 0.6 is 0 Å². The number of nitrogens with zero attached hydrogens (tertiary/aromatic N) is 4. The predicted molar refractivity (Wildman–Crippen MR) is 90.3 cm³/mol. The predicted octanol–water partition coefficient (Wildman–Crippen LogP) is 2.33. The molecule has 4 rings (SSSR count). The molecule has 1 aliphatic rings. The van der Waals surface area contributed by atoms with Crippen LogP contribution in [-0.4, -0.2) is 25.1 Å². The molecule has 130 valence electrons. The van der Waals surface area contributed by atoms with Crippen LogP contribution in [-0.2, 0) is 24.3 Å². The summed E-state index contributed by atoms with van der Waals surface area (Å²) in [5.41, 5.74) is 2.23. The van der Waals surface area contributed by atoms with Gasteiger partial charge >= 0.3 is 0 Å². The molecule has 1 saturated carbocycles. The van der Waals surface area contributed by atoms with Gasteiger partial charge in [-0.15, -0.1) is 0 Å². The summed E-state index contributed by atoms with van der Waals surface area (Å²) in [5.74, 6) is 0.303. The van der Waals surface area contributed by atoms with Crippen LogP contribution in [0, 0.1) is 11.7 Å². The molecule has 6 nitrogen and oxygen atoms in total. The van der Waals surface area contributed by atoms with E-state index in [1.54, 1.807) is 22.9 Å². The fraction of sp³-hybridized carbons (Fsp3) is 0.389. The van der Waals surface area contributed by atoms with E-state index in [1.165, 1.54) is 31.5 Å². The highest BCUT2D eigenvalue weighted by atomic mass is 19.1. The van der Waals surface area contributed by atoms with Gasteiger partial charge in [-0.2, -0.15) is 5.10 Å². The van der Waals surface area contributed by atoms with Gasteiger partial charge in [0.05, 0.1) is 18.3 Å². The van der Waals surface area contributed by atoms with E-state index in [2.05, 4.69) is 15.4 Å². The van der Waals surface area contributed by atoms with Crippen LogP contribution in [0.2, 0.25) is 0 Å². The van der Waals surface area contributed by atoms with E-state index in [0.29, 0.717) is 17.9 Å². The van der Waals surface area contributed by atoms with Crippen molar-refractivity contribution in [2.24, 2.45) is 5.92 Å². The van der Waals surface area contributed by atoms with E-state index in [-0.39, 0.29) is 18.1 Å². The lowest BCUT2D eigenvalue weighted by Gasteiger charge is -2.24. The second kappa shape index (κ2) is 6.66. The number of hydrogen-bond donors (Lipinski definition) is 1. The zero-order valence-corrected chi connectivity index (χ0v) is 13.9. The molecular formula is C18H20FN5O. The number of aromatic nitrogens is 4. The van der Waals surface area contributed by atoms with E-state index in [1.807, 2.05) is 10.9 Å². The smallest absolute Gasteiger partial charge is 0.226 e. The molecule has 7 heteroatoms. The third-order valence-electron chi connectivity index (χ3n) is 4.65. The lowest BCUT2D eigenvalue weighted by molar-refractivity contribution is -0.120. The van der Waals surface area contributed by atoms with Gasteiger partial charge in [0.15, 0.2) is 0 Å². The summed E-state index contributed by atoms with van der Waals surface area (Å²) in [4.78, 5) is 16.4. The Kier molecular flexibility index (Phi) is 4.21. The zero-order chi connectivity index (χ0) is 17.2. The van der Waals surface area contributed by atoms with Crippen LogP contribution < -0.4 is 5.32 Å². The standard InChI is InChI=1S/C18H20FN5O/c19-15-4-5-17-22-16(12-23(17)11-15)6-18(25)20-7-14-8-21-24(10-14)9-13-2-1-3-13/h4-5,8,10-13H,1-3,6-7,9H2,(H,20,25). The molecule has 25 heavy (non-hydrogen) atoms. The van der Waals surface area contributed by atoms with Crippen LogP contribution in [0.25, 0.3) is 5.65 Å². The van der Waals surface area contributed by atoms with E-state index in [0.717, 1.165) is 18.0 Å². The minimum absolute atomic E-state index is 0.115. The van der Waals surface area contributed by atoms with Crippen molar-refractivity contribution in [3.8, 4) is 0 Å². The molecule has 0 spiro atoms. The molecule has 0 aliphatic heterocycles. The fourth-order valence-electron chi connectivity index (χ4n) is 3.07. The van der Waals surface area contributed by atoms with Gasteiger partial charge < -0.3 is 9.72 Å². The Morgan fingerprint density at radius 1 is 1.28 bits per heavy atom. The first-order valence-corrected chi connectivity index (χ1v) is 8.57. The minimum atomic E-state index is -0.334. The third-order valence-corrected chi connectivity index (χ3v) is 4.65. The highest BCUT2D eigenvalue weighted by molar-refractivity contribution is 5.78. The Bertz CT molecular complexity index is 896. The molecule has 0 bridgehead atoms. The molecular weight excluding hydrogens is 321 g/mol. The average Bonchev–Trinajstić information content (AvgIpc) is 3.14. The van der Waals surface area contributed by atoms with Crippen molar-refractivity contribution in [2.75, 3.05) is 0 Å². The molecule has 3 heterocycles. The van der Waals surface area contributed by atoms with E-state index in [9.17, 15) is 9.18 Å². The molecule has 0 saturated heterocycles. The van der Waals surface area contributed by atoms with Crippen LogP contribution in [0.4, 0.5) is 4.39 Å². The first kappa shape index (κ1) is 15.8. The van der Waals surface area contributed by atoms with Gasteiger partial charge in [0, 0.05) is 37.2 Å². The number of amides is 1. The highest BCUT2D eigenvalue weighted by Gasteiger charge is 2.18. The summed E-state index contributed by atoms with van der Waals surface area (Å²) in [6.45, 7) is 1.41. The number of nitrogens with one attached hydrogen (secondary N) is 1. The van der Waals surface area contributed by atoms with Crippen LogP contribution in [0.5, 0.6) is 0 Å². The number of halogens is 1. The third kappa shape index (κ3) is 3.70. The SMILES string of the molecule is O=C(Cc1cn2cc(F)ccc2n1)NCc1cnn(CC2CCC2)c1. The largest absolute Gasteiger partial charge is 0.352 e. The highest BCUT2D eigenvalue weighted by Crippen LogP contribution is 2.27. The van der Waals surface area contributed by atoms with Crippen molar-refractivity contribution in [2.45, 2.75) is 38.8 Å². The van der Waals surface area contributed by atoms with Gasteiger partial charge in [-0.1, -0.05) is 6.42 Å².